The lowest BCUT2D eigenvalue weighted by Gasteiger charge is -2.17. The molecule has 0 radical (unpaired) electrons. The highest BCUT2D eigenvalue weighted by Crippen LogP contribution is 2.29. The van der Waals surface area contributed by atoms with Gasteiger partial charge in [-0.3, -0.25) is 4.79 Å². The zero-order valence-corrected chi connectivity index (χ0v) is 14.1. The molecule has 1 atom stereocenters. The second-order valence-electron chi connectivity index (χ2n) is 5.00. The molecule has 0 aliphatic carbocycles. The molecule has 0 saturated heterocycles. The van der Waals surface area contributed by atoms with Crippen molar-refractivity contribution in [1.29, 1.82) is 0 Å². The number of ether oxygens (including phenoxy) is 1. The van der Waals surface area contributed by atoms with Crippen LogP contribution in [0, 0.1) is 5.92 Å². The zero-order valence-electron chi connectivity index (χ0n) is 13.3. The Balaban J connectivity index is 3.24. The van der Waals surface area contributed by atoms with Gasteiger partial charge in [0.25, 0.3) is 0 Å². The van der Waals surface area contributed by atoms with Crippen molar-refractivity contribution in [2.45, 2.75) is 18.7 Å². The number of hydrogen-bond donors (Lipinski definition) is 2. The monoisotopic (exact) mass is 329 g/mol. The van der Waals surface area contributed by atoms with E-state index in [0.29, 0.717) is 18.0 Å². The summed E-state index contributed by atoms with van der Waals surface area (Å²) in [5.74, 6) is -0.260. The van der Waals surface area contributed by atoms with Crippen LogP contribution in [-0.4, -0.2) is 45.9 Å². The number of carbonyl (C=O) groups excluding carboxylic acids is 1. The van der Waals surface area contributed by atoms with E-state index in [0.717, 1.165) is 4.31 Å². The lowest BCUT2D eigenvalue weighted by atomic mass is 10.1. The van der Waals surface area contributed by atoms with Crippen LogP contribution in [0.25, 0.3) is 0 Å². The van der Waals surface area contributed by atoms with Crippen molar-refractivity contribution in [3.8, 4) is 5.75 Å². The van der Waals surface area contributed by atoms with Crippen molar-refractivity contribution in [3.05, 3.63) is 18.2 Å². The summed E-state index contributed by atoms with van der Waals surface area (Å²) in [5.41, 5.74) is 5.78. The zero-order chi connectivity index (χ0) is 16.9. The van der Waals surface area contributed by atoms with Crippen LogP contribution < -0.4 is 15.8 Å². The number of hydrogen-bond acceptors (Lipinski definition) is 5. The number of rotatable bonds is 7. The number of amides is 1. The molecule has 0 aromatic heterocycles. The van der Waals surface area contributed by atoms with Gasteiger partial charge in [-0.1, -0.05) is 6.92 Å². The summed E-state index contributed by atoms with van der Waals surface area (Å²) in [7, 11) is -0.701. The van der Waals surface area contributed by atoms with E-state index in [2.05, 4.69) is 5.32 Å². The van der Waals surface area contributed by atoms with E-state index in [1.165, 1.54) is 32.3 Å². The van der Waals surface area contributed by atoms with Gasteiger partial charge in [-0.15, -0.1) is 0 Å². The van der Waals surface area contributed by atoms with E-state index in [-0.39, 0.29) is 23.3 Å². The second kappa shape index (κ2) is 7.57. The standard InChI is InChI=1S/C14H23N3O4S/c1-5-21-13-7-6-11(22(19,20)17(3)4)8-12(13)16-14(18)10(2)9-15/h6-8,10H,5,9,15H2,1-4H3,(H,16,18). The Kier molecular flexibility index (Phi) is 6.34. The third-order valence-electron chi connectivity index (χ3n) is 3.09. The highest BCUT2D eigenvalue weighted by molar-refractivity contribution is 7.89. The first kappa shape index (κ1) is 18.4. The topological polar surface area (TPSA) is 102 Å². The molecule has 7 nitrogen and oxygen atoms in total. The number of nitrogens with zero attached hydrogens (tertiary/aromatic N) is 1. The Labute approximate surface area is 131 Å². The largest absolute Gasteiger partial charge is 0.492 e. The summed E-state index contributed by atoms with van der Waals surface area (Å²) in [6.07, 6.45) is 0. The number of sulfonamides is 1. The average Bonchev–Trinajstić information content (AvgIpc) is 2.47. The lowest BCUT2D eigenvalue weighted by Crippen LogP contribution is -2.27. The maximum absolute atomic E-state index is 12.2. The minimum Gasteiger partial charge on any atom is -0.492 e. The maximum atomic E-state index is 12.2. The third kappa shape index (κ3) is 4.19. The van der Waals surface area contributed by atoms with E-state index in [9.17, 15) is 13.2 Å². The summed E-state index contributed by atoms with van der Waals surface area (Å²) in [4.78, 5) is 12.1. The summed E-state index contributed by atoms with van der Waals surface area (Å²) in [6.45, 7) is 4.09. The Morgan fingerprint density at radius 2 is 2.05 bits per heavy atom. The fourth-order valence-corrected chi connectivity index (χ4v) is 2.55. The fraction of sp³-hybridized carbons (Fsp3) is 0.500. The molecular weight excluding hydrogens is 306 g/mol. The molecule has 0 spiro atoms. The predicted octanol–water partition coefficient (Wildman–Crippen LogP) is 0.869. The van der Waals surface area contributed by atoms with Crippen molar-refractivity contribution in [1.82, 2.24) is 4.31 Å². The van der Waals surface area contributed by atoms with Gasteiger partial charge in [0, 0.05) is 26.6 Å². The number of benzene rings is 1. The summed E-state index contributed by atoms with van der Waals surface area (Å²) >= 11 is 0. The average molecular weight is 329 g/mol. The van der Waals surface area contributed by atoms with Crippen molar-refractivity contribution in [2.24, 2.45) is 11.7 Å². The summed E-state index contributed by atoms with van der Waals surface area (Å²) in [5, 5.41) is 2.67. The van der Waals surface area contributed by atoms with Crippen LogP contribution in [0.15, 0.2) is 23.1 Å². The van der Waals surface area contributed by atoms with E-state index >= 15 is 0 Å². The Morgan fingerprint density at radius 1 is 1.41 bits per heavy atom. The number of anilines is 1. The second-order valence-corrected chi connectivity index (χ2v) is 7.16. The number of carbonyl (C=O) groups is 1. The van der Waals surface area contributed by atoms with Crippen LogP contribution in [0.3, 0.4) is 0 Å². The molecule has 1 amide bonds. The molecule has 0 aliphatic rings. The first-order chi connectivity index (χ1) is 10.2. The van der Waals surface area contributed by atoms with Gasteiger partial charge in [-0.25, -0.2) is 12.7 Å². The molecule has 1 aromatic rings. The van der Waals surface area contributed by atoms with E-state index < -0.39 is 10.0 Å². The first-order valence-corrected chi connectivity index (χ1v) is 8.38. The number of nitrogens with two attached hydrogens (primary N) is 1. The fourth-order valence-electron chi connectivity index (χ4n) is 1.62. The number of nitrogens with one attached hydrogen (secondary N) is 1. The molecular formula is C14H23N3O4S. The van der Waals surface area contributed by atoms with E-state index in [1.807, 2.05) is 0 Å². The van der Waals surface area contributed by atoms with E-state index in [4.69, 9.17) is 10.5 Å². The van der Waals surface area contributed by atoms with Crippen LogP contribution in [0.2, 0.25) is 0 Å². The molecule has 1 aromatic carbocycles. The maximum Gasteiger partial charge on any atom is 0.242 e. The molecule has 1 unspecified atom stereocenters. The van der Waals surface area contributed by atoms with Crippen LogP contribution in [-0.2, 0) is 14.8 Å². The highest BCUT2D eigenvalue weighted by Gasteiger charge is 2.20. The molecule has 22 heavy (non-hydrogen) atoms. The minimum absolute atomic E-state index is 0.0802. The van der Waals surface area contributed by atoms with Gasteiger partial charge in [-0.2, -0.15) is 0 Å². The molecule has 124 valence electrons. The quantitative estimate of drug-likeness (QED) is 0.773. The highest BCUT2D eigenvalue weighted by atomic mass is 32.2. The van der Waals surface area contributed by atoms with Crippen LogP contribution >= 0.6 is 0 Å². The molecule has 1 rings (SSSR count). The molecule has 0 saturated carbocycles. The van der Waals surface area contributed by atoms with Crippen molar-refractivity contribution >= 4 is 21.6 Å². The molecule has 0 aliphatic heterocycles. The normalized spacial score (nSPS) is 13.0. The smallest absolute Gasteiger partial charge is 0.242 e. The molecule has 0 fully saturated rings. The third-order valence-corrected chi connectivity index (χ3v) is 4.90. The van der Waals surface area contributed by atoms with Gasteiger partial charge in [0.2, 0.25) is 15.9 Å². The van der Waals surface area contributed by atoms with Crippen LogP contribution in [0.5, 0.6) is 5.75 Å². The van der Waals surface area contributed by atoms with Crippen LogP contribution in [0.1, 0.15) is 13.8 Å². The lowest BCUT2D eigenvalue weighted by molar-refractivity contribution is -0.119. The van der Waals surface area contributed by atoms with Gasteiger partial charge in [0.15, 0.2) is 0 Å². The predicted molar refractivity (Wildman–Crippen MR) is 85.3 cm³/mol. The van der Waals surface area contributed by atoms with Gasteiger partial charge < -0.3 is 15.8 Å². The van der Waals surface area contributed by atoms with Gasteiger partial charge in [-0.05, 0) is 25.1 Å². The summed E-state index contributed by atoms with van der Waals surface area (Å²) in [6, 6.07) is 4.37. The van der Waals surface area contributed by atoms with Crippen molar-refractivity contribution < 1.29 is 17.9 Å². The van der Waals surface area contributed by atoms with Gasteiger partial charge in [0.05, 0.1) is 17.2 Å². The van der Waals surface area contributed by atoms with Gasteiger partial charge in [0.1, 0.15) is 5.75 Å². The summed E-state index contributed by atoms with van der Waals surface area (Å²) < 4.78 is 30.9. The Hall–Kier alpha value is -1.64. The van der Waals surface area contributed by atoms with E-state index in [1.54, 1.807) is 13.8 Å². The Bertz CT molecular complexity index is 629. The van der Waals surface area contributed by atoms with Gasteiger partial charge >= 0.3 is 0 Å². The first-order valence-electron chi connectivity index (χ1n) is 6.94. The van der Waals surface area contributed by atoms with Crippen molar-refractivity contribution in [2.75, 3.05) is 32.6 Å². The molecule has 8 heteroatoms. The minimum atomic E-state index is -3.59. The molecule has 0 bridgehead atoms. The van der Waals surface area contributed by atoms with Crippen molar-refractivity contribution in [3.63, 3.8) is 0 Å². The SMILES string of the molecule is CCOc1ccc(S(=O)(=O)N(C)C)cc1NC(=O)C(C)CN. The molecule has 0 heterocycles. The molecule has 3 N–H and O–H groups in total. The van der Waals surface area contributed by atoms with Crippen LogP contribution in [0.4, 0.5) is 5.69 Å². The Morgan fingerprint density at radius 3 is 2.55 bits per heavy atom.